The summed E-state index contributed by atoms with van der Waals surface area (Å²) < 4.78 is 36.6. The van der Waals surface area contributed by atoms with Gasteiger partial charge in [-0.05, 0) is 48.5 Å². The maximum absolute atomic E-state index is 12.9. The predicted octanol–water partition coefficient (Wildman–Crippen LogP) is 2.19. The molecular weight excluding hydrogens is 364 g/mol. The lowest BCUT2D eigenvalue weighted by atomic mass is 10.2. The fourth-order valence-corrected chi connectivity index (χ4v) is 4.71. The SMILES string of the molecule is O=S(=O)(c1ccc(N2CCOCC2)cc1)c1ccc(N2CCOCC2)cc1. The first-order valence-electron chi connectivity index (χ1n) is 9.25. The molecule has 2 aliphatic rings. The normalized spacial score (nSPS) is 18.5. The Bertz CT molecular complexity index is 786. The van der Waals surface area contributed by atoms with Gasteiger partial charge in [-0.1, -0.05) is 0 Å². The molecule has 0 amide bonds. The van der Waals surface area contributed by atoms with Crippen molar-refractivity contribution in [3.05, 3.63) is 48.5 Å². The molecular formula is C20H24N2O4S. The van der Waals surface area contributed by atoms with Gasteiger partial charge in [0.2, 0.25) is 9.84 Å². The first kappa shape index (κ1) is 18.3. The van der Waals surface area contributed by atoms with Crippen LogP contribution in [0.4, 0.5) is 11.4 Å². The molecule has 0 unspecified atom stereocenters. The summed E-state index contributed by atoms with van der Waals surface area (Å²) in [5, 5.41) is 0. The van der Waals surface area contributed by atoms with Gasteiger partial charge in [0.25, 0.3) is 0 Å². The summed E-state index contributed by atoms with van der Waals surface area (Å²) >= 11 is 0. The van der Waals surface area contributed by atoms with Crippen molar-refractivity contribution in [1.82, 2.24) is 0 Å². The second-order valence-corrected chi connectivity index (χ2v) is 8.64. The van der Waals surface area contributed by atoms with Crippen LogP contribution in [0.3, 0.4) is 0 Å². The smallest absolute Gasteiger partial charge is 0.206 e. The first-order valence-corrected chi connectivity index (χ1v) is 10.7. The lowest BCUT2D eigenvalue weighted by Gasteiger charge is -2.29. The highest BCUT2D eigenvalue weighted by atomic mass is 32.2. The van der Waals surface area contributed by atoms with E-state index in [1.54, 1.807) is 24.3 Å². The third kappa shape index (κ3) is 3.95. The van der Waals surface area contributed by atoms with E-state index in [-0.39, 0.29) is 0 Å². The maximum Gasteiger partial charge on any atom is 0.206 e. The van der Waals surface area contributed by atoms with Crippen molar-refractivity contribution in [3.8, 4) is 0 Å². The van der Waals surface area contributed by atoms with E-state index in [9.17, 15) is 8.42 Å². The van der Waals surface area contributed by atoms with Gasteiger partial charge in [0, 0.05) is 37.6 Å². The molecule has 0 aromatic heterocycles. The highest BCUT2D eigenvalue weighted by molar-refractivity contribution is 7.91. The quantitative estimate of drug-likeness (QED) is 0.800. The zero-order valence-electron chi connectivity index (χ0n) is 15.2. The number of anilines is 2. The molecule has 4 rings (SSSR count). The van der Waals surface area contributed by atoms with Crippen molar-refractivity contribution in [1.29, 1.82) is 0 Å². The van der Waals surface area contributed by atoms with E-state index in [0.717, 1.165) is 37.6 Å². The minimum Gasteiger partial charge on any atom is -0.378 e. The third-order valence-electron chi connectivity index (χ3n) is 5.05. The largest absolute Gasteiger partial charge is 0.378 e. The molecule has 0 aliphatic carbocycles. The molecule has 7 heteroatoms. The van der Waals surface area contributed by atoms with E-state index in [2.05, 4.69) is 9.80 Å². The van der Waals surface area contributed by atoms with E-state index >= 15 is 0 Å². The fourth-order valence-electron chi connectivity index (χ4n) is 3.45. The molecule has 0 spiro atoms. The lowest BCUT2D eigenvalue weighted by molar-refractivity contribution is 0.122. The van der Waals surface area contributed by atoms with Gasteiger partial charge in [-0.15, -0.1) is 0 Å². The van der Waals surface area contributed by atoms with Gasteiger partial charge in [0.15, 0.2) is 0 Å². The molecule has 2 aromatic rings. The Labute approximate surface area is 160 Å². The van der Waals surface area contributed by atoms with Crippen molar-refractivity contribution in [3.63, 3.8) is 0 Å². The molecule has 144 valence electrons. The predicted molar refractivity (Wildman–Crippen MR) is 104 cm³/mol. The van der Waals surface area contributed by atoms with Gasteiger partial charge in [-0.25, -0.2) is 8.42 Å². The summed E-state index contributed by atoms with van der Waals surface area (Å²) in [7, 11) is -3.52. The number of hydrogen-bond acceptors (Lipinski definition) is 6. The summed E-state index contributed by atoms with van der Waals surface area (Å²) in [4.78, 5) is 5.05. The standard InChI is InChI=1S/C20H24N2O4S/c23-27(24,19-5-1-17(2-6-19)21-9-13-25-14-10-21)20-7-3-18(4-8-20)22-11-15-26-16-12-22/h1-8H,9-16H2. The topological polar surface area (TPSA) is 59.1 Å². The van der Waals surface area contributed by atoms with Crippen molar-refractivity contribution in [2.75, 3.05) is 62.4 Å². The monoisotopic (exact) mass is 388 g/mol. The molecule has 2 aliphatic heterocycles. The summed E-state index contributed by atoms with van der Waals surface area (Å²) in [5.74, 6) is 0. The second-order valence-electron chi connectivity index (χ2n) is 6.69. The summed E-state index contributed by atoms with van der Waals surface area (Å²) in [6.45, 7) is 6.13. The Balaban J connectivity index is 1.52. The minimum absolute atomic E-state index is 0.318. The van der Waals surface area contributed by atoms with Gasteiger partial charge >= 0.3 is 0 Å². The fraction of sp³-hybridized carbons (Fsp3) is 0.400. The van der Waals surface area contributed by atoms with Crippen LogP contribution in [0, 0.1) is 0 Å². The van der Waals surface area contributed by atoms with Gasteiger partial charge in [-0.3, -0.25) is 0 Å². The van der Waals surface area contributed by atoms with E-state index in [1.807, 2.05) is 24.3 Å². The van der Waals surface area contributed by atoms with Crippen LogP contribution in [-0.4, -0.2) is 61.0 Å². The average Bonchev–Trinajstić information content (AvgIpc) is 2.75. The van der Waals surface area contributed by atoms with Crippen molar-refractivity contribution in [2.45, 2.75) is 9.79 Å². The van der Waals surface area contributed by atoms with Gasteiger partial charge in [0.1, 0.15) is 0 Å². The highest BCUT2D eigenvalue weighted by Crippen LogP contribution is 2.26. The second kappa shape index (κ2) is 7.88. The molecule has 0 atom stereocenters. The van der Waals surface area contributed by atoms with Crippen molar-refractivity contribution >= 4 is 21.2 Å². The Morgan fingerprint density at radius 3 is 1.26 bits per heavy atom. The van der Waals surface area contributed by atoms with Crippen LogP contribution in [0.15, 0.2) is 58.3 Å². The molecule has 0 saturated carbocycles. The van der Waals surface area contributed by atoms with E-state index in [4.69, 9.17) is 9.47 Å². The highest BCUT2D eigenvalue weighted by Gasteiger charge is 2.19. The zero-order chi connectivity index (χ0) is 18.7. The third-order valence-corrected chi connectivity index (χ3v) is 6.83. The molecule has 0 radical (unpaired) electrons. The van der Waals surface area contributed by atoms with E-state index < -0.39 is 9.84 Å². The van der Waals surface area contributed by atoms with Crippen LogP contribution < -0.4 is 9.80 Å². The van der Waals surface area contributed by atoms with Crippen LogP contribution >= 0.6 is 0 Å². The van der Waals surface area contributed by atoms with Crippen molar-refractivity contribution < 1.29 is 17.9 Å². The summed E-state index contributed by atoms with van der Waals surface area (Å²) in [6, 6.07) is 14.3. The molecule has 27 heavy (non-hydrogen) atoms. The van der Waals surface area contributed by atoms with Crippen LogP contribution in [0.25, 0.3) is 0 Å². The Hall–Kier alpha value is -2.09. The molecule has 2 saturated heterocycles. The Morgan fingerprint density at radius 2 is 0.926 bits per heavy atom. The number of sulfone groups is 1. The zero-order valence-corrected chi connectivity index (χ0v) is 16.0. The molecule has 0 N–H and O–H groups in total. The van der Waals surface area contributed by atoms with Crippen LogP contribution in [-0.2, 0) is 19.3 Å². The number of morpholine rings is 2. The Morgan fingerprint density at radius 1 is 0.593 bits per heavy atom. The maximum atomic E-state index is 12.9. The lowest BCUT2D eigenvalue weighted by Crippen LogP contribution is -2.36. The van der Waals surface area contributed by atoms with Gasteiger partial charge < -0.3 is 19.3 Å². The van der Waals surface area contributed by atoms with Gasteiger partial charge in [-0.2, -0.15) is 0 Å². The van der Waals surface area contributed by atoms with Gasteiger partial charge in [0.05, 0.1) is 36.2 Å². The minimum atomic E-state index is -3.52. The van der Waals surface area contributed by atoms with E-state index in [1.165, 1.54) is 0 Å². The number of rotatable bonds is 4. The Kier molecular flexibility index (Phi) is 5.33. The van der Waals surface area contributed by atoms with E-state index in [0.29, 0.717) is 36.2 Å². The number of benzene rings is 2. The van der Waals surface area contributed by atoms with Crippen LogP contribution in [0.1, 0.15) is 0 Å². The first-order chi connectivity index (χ1) is 13.1. The van der Waals surface area contributed by atoms with Crippen molar-refractivity contribution in [2.24, 2.45) is 0 Å². The number of ether oxygens (including phenoxy) is 2. The summed E-state index contributed by atoms with van der Waals surface area (Å²) in [6.07, 6.45) is 0. The molecule has 2 aromatic carbocycles. The number of hydrogen-bond donors (Lipinski definition) is 0. The van der Waals surface area contributed by atoms with Crippen LogP contribution in [0.5, 0.6) is 0 Å². The number of nitrogens with zero attached hydrogens (tertiary/aromatic N) is 2. The summed E-state index contributed by atoms with van der Waals surface area (Å²) in [5.41, 5.74) is 2.06. The average molecular weight is 388 g/mol. The molecule has 0 bridgehead atoms. The van der Waals surface area contributed by atoms with Crippen LogP contribution in [0.2, 0.25) is 0 Å². The molecule has 6 nitrogen and oxygen atoms in total. The molecule has 2 heterocycles. The molecule has 2 fully saturated rings.